The first-order valence-electron chi connectivity index (χ1n) is 11.3. The number of likely N-dealkylation sites (tertiary alicyclic amines) is 1. The number of thioether (sulfide) groups is 1. The van der Waals surface area contributed by atoms with Crippen LogP contribution in [0.25, 0.3) is 0 Å². The molecule has 174 valence electrons. The lowest BCUT2D eigenvalue weighted by atomic mass is 9.89. The summed E-state index contributed by atoms with van der Waals surface area (Å²) in [5.41, 5.74) is 0.865. The van der Waals surface area contributed by atoms with Crippen molar-refractivity contribution in [2.45, 2.75) is 56.4 Å². The molecule has 1 heterocycles. The second-order valence-corrected chi connectivity index (χ2v) is 10.1. The van der Waals surface area contributed by atoms with Gasteiger partial charge in [0.25, 0.3) is 0 Å². The molecule has 3 rings (SSSR count). The molecule has 0 aliphatic carbocycles. The molecule has 0 aromatic heterocycles. The van der Waals surface area contributed by atoms with Gasteiger partial charge in [0, 0.05) is 23.7 Å². The normalized spacial score (nSPS) is 14.8. The zero-order valence-electron chi connectivity index (χ0n) is 19.6. The van der Waals surface area contributed by atoms with Gasteiger partial charge in [0.15, 0.2) is 0 Å². The van der Waals surface area contributed by atoms with E-state index in [0.717, 1.165) is 54.5 Å². The number of carbonyl (C=O) groups excluding carboxylic acids is 1. The highest BCUT2D eigenvalue weighted by molar-refractivity contribution is 7.99. The first-order chi connectivity index (χ1) is 15.4. The first kappa shape index (κ1) is 24.3. The fraction of sp³-hybridized carbons (Fsp3) is 0.500. The van der Waals surface area contributed by atoms with Crippen molar-refractivity contribution in [2.24, 2.45) is 0 Å². The molecule has 1 saturated heterocycles. The molecule has 0 unspecified atom stereocenters. The third kappa shape index (κ3) is 7.37. The molecule has 0 saturated carbocycles. The molecule has 2 aromatic carbocycles. The molecule has 1 amide bonds. The van der Waals surface area contributed by atoms with E-state index < -0.39 is 5.60 Å². The van der Waals surface area contributed by atoms with Crippen LogP contribution in [0.3, 0.4) is 0 Å². The van der Waals surface area contributed by atoms with Gasteiger partial charge in [-0.05, 0) is 75.8 Å². The molecular formula is C26H35NO4S. The number of rotatable bonds is 8. The molecule has 0 bridgehead atoms. The van der Waals surface area contributed by atoms with Crippen LogP contribution in [-0.4, -0.2) is 49.2 Å². The zero-order chi connectivity index (χ0) is 23.0. The number of hydrogen-bond donors (Lipinski definition) is 0. The Morgan fingerprint density at radius 3 is 2.41 bits per heavy atom. The van der Waals surface area contributed by atoms with Gasteiger partial charge in [-0.1, -0.05) is 24.3 Å². The maximum absolute atomic E-state index is 12.2. The summed E-state index contributed by atoms with van der Waals surface area (Å²) in [6.45, 7) is 7.88. The van der Waals surface area contributed by atoms with Gasteiger partial charge in [0.1, 0.15) is 17.1 Å². The van der Waals surface area contributed by atoms with E-state index in [9.17, 15) is 4.79 Å². The number of benzene rings is 2. The van der Waals surface area contributed by atoms with E-state index in [0.29, 0.717) is 12.5 Å². The van der Waals surface area contributed by atoms with Crippen LogP contribution in [0, 0.1) is 0 Å². The van der Waals surface area contributed by atoms with Crippen molar-refractivity contribution in [3.8, 4) is 11.5 Å². The Balaban J connectivity index is 1.38. The minimum absolute atomic E-state index is 0.205. The van der Waals surface area contributed by atoms with Crippen molar-refractivity contribution in [3.63, 3.8) is 0 Å². The topological polar surface area (TPSA) is 48.0 Å². The minimum Gasteiger partial charge on any atom is -0.496 e. The summed E-state index contributed by atoms with van der Waals surface area (Å²) in [6.07, 6.45) is 2.68. The van der Waals surface area contributed by atoms with Crippen molar-refractivity contribution in [3.05, 3.63) is 54.1 Å². The highest BCUT2D eigenvalue weighted by Gasteiger charge is 2.27. The van der Waals surface area contributed by atoms with Crippen LogP contribution in [-0.2, 0) is 4.74 Å². The Bertz CT molecular complexity index is 855. The van der Waals surface area contributed by atoms with Gasteiger partial charge < -0.3 is 19.1 Å². The molecule has 2 aromatic rings. The van der Waals surface area contributed by atoms with Crippen molar-refractivity contribution in [1.29, 1.82) is 0 Å². The average Bonchev–Trinajstić information content (AvgIpc) is 2.78. The van der Waals surface area contributed by atoms with Crippen molar-refractivity contribution < 1.29 is 19.0 Å². The van der Waals surface area contributed by atoms with Crippen LogP contribution in [0.2, 0.25) is 0 Å². The number of hydrogen-bond acceptors (Lipinski definition) is 5. The molecule has 0 spiro atoms. The van der Waals surface area contributed by atoms with Crippen LogP contribution in [0.4, 0.5) is 4.79 Å². The summed E-state index contributed by atoms with van der Waals surface area (Å²) in [6, 6.07) is 16.5. The molecule has 0 atom stereocenters. The predicted molar refractivity (Wildman–Crippen MR) is 130 cm³/mol. The Hall–Kier alpha value is -2.34. The summed E-state index contributed by atoms with van der Waals surface area (Å²) in [7, 11) is 1.70. The Labute approximate surface area is 196 Å². The number of methoxy groups -OCH3 is 1. The molecule has 6 heteroatoms. The summed E-state index contributed by atoms with van der Waals surface area (Å²) in [4.78, 5) is 15.2. The lowest BCUT2D eigenvalue weighted by molar-refractivity contribution is 0.0205. The number of ether oxygens (including phenoxy) is 3. The van der Waals surface area contributed by atoms with Gasteiger partial charge >= 0.3 is 6.09 Å². The van der Waals surface area contributed by atoms with Gasteiger partial charge in [-0.15, -0.1) is 11.8 Å². The molecule has 32 heavy (non-hydrogen) atoms. The van der Waals surface area contributed by atoms with E-state index in [1.807, 2.05) is 43.9 Å². The Morgan fingerprint density at radius 2 is 1.75 bits per heavy atom. The number of piperidine rings is 1. The summed E-state index contributed by atoms with van der Waals surface area (Å²) in [5.74, 6) is 3.28. The highest BCUT2D eigenvalue weighted by Crippen LogP contribution is 2.31. The van der Waals surface area contributed by atoms with Gasteiger partial charge in [0.05, 0.1) is 13.7 Å². The third-order valence-corrected chi connectivity index (χ3v) is 6.52. The monoisotopic (exact) mass is 457 g/mol. The quantitative estimate of drug-likeness (QED) is 0.340. The first-order valence-corrected chi connectivity index (χ1v) is 12.3. The van der Waals surface area contributed by atoms with Gasteiger partial charge in [0.2, 0.25) is 0 Å². The van der Waals surface area contributed by atoms with Gasteiger partial charge in [-0.2, -0.15) is 0 Å². The summed E-state index contributed by atoms with van der Waals surface area (Å²) >= 11 is 1.79. The SMILES string of the molecule is COc1ccccc1SCCCOc1ccc(C2CCN(C(=O)OC(C)(C)C)CC2)cc1. The molecule has 1 aliphatic heterocycles. The van der Waals surface area contributed by atoms with Gasteiger partial charge in [-0.3, -0.25) is 0 Å². The number of nitrogens with zero attached hydrogens (tertiary/aromatic N) is 1. The number of para-hydroxylation sites is 1. The van der Waals surface area contributed by atoms with E-state index >= 15 is 0 Å². The van der Waals surface area contributed by atoms with Crippen LogP contribution >= 0.6 is 11.8 Å². The van der Waals surface area contributed by atoms with Crippen LogP contribution in [0.1, 0.15) is 51.5 Å². The molecule has 5 nitrogen and oxygen atoms in total. The fourth-order valence-electron chi connectivity index (χ4n) is 3.73. The number of carbonyl (C=O) groups is 1. The van der Waals surface area contributed by atoms with Crippen molar-refractivity contribution >= 4 is 17.9 Å². The van der Waals surface area contributed by atoms with E-state index in [1.165, 1.54) is 5.56 Å². The Morgan fingerprint density at radius 1 is 1.06 bits per heavy atom. The lowest BCUT2D eigenvalue weighted by Gasteiger charge is -2.33. The van der Waals surface area contributed by atoms with E-state index in [2.05, 4.69) is 30.3 Å². The van der Waals surface area contributed by atoms with Crippen LogP contribution in [0.15, 0.2) is 53.4 Å². The standard InChI is InChI=1S/C26H35NO4S/c1-26(2,3)31-25(28)27-16-14-21(15-17-27)20-10-12-22(13-11-20)30-18-7-19-32-24-9-6-5-8-23(24)29-4/h5-6,8-13,21H,7,14-19H2,1-4H3. The van der Waals surface area contributed by atoms with Crippen LogP contribution in [0.5, 0.6) is 11.5 Å². The minimum atomic E-state index is -0.448. The maximum Gasteiger partial charge on any atom is 0.410 e. The molecule has 1 fully saturated rings. The summed E-state index contributed by atoms with van der Waals surface area (Å²) in [5, 5.41) is 0. The maximum atomic E-state index is 12.2. The van der Waals surface area contributed by atoms with Crippen LogP contribution < -0.4 is 9.47 Å². The highest BCUT2D eigenvalue weighted by atomic mass is 32.2. The molecule has 0 N–H and O–H groups in total. The van der Waals surface area contributed by atoms with E-state index in [1.54, 1.807) is 18.9 Å². The van der Waals surface area contributed by atoms with E-state index in [4.69, 9.17) is 14.2 Å². The second kappa shape index (κ2) is 11.5. The zero-order valence-corrected chi connectivity index (χ0v) is 20.5. The summed E-state index contributed by atoms with van der Waals surface area (Å²) < 4.78 is 16.8. The van der Waals surface area contributed by atoms with Crippen molar-refractivity contribution in [1.82, 2.24) is 4.90 Å². The van der Waals surface area contributed by atoms with E-state index in [-0.39, 0.29) is 6.09 Å². The predicted octanol–water partition coefficient (Wildman–Crippen LogP) is 6.37. The second-order valence-electron chi connectivity index (χ2n) is 9.01. The fourth-order valence-corrected chi connectivity index (χ4v) is 4.68. The largest absolute Gasteiger partial charge is 0.496 e. The Kier molecular flexibility index (Phi) is 8.74. The third-order valence-electron chi connectivity index (χ3n) is 5.38. The molecular weight excluding hydrogens is 422 g/mol. The smallest absolute Gasteiger partial charge is 0.410 e. The lowest BCUT2D eigenvalue weighted by Crippen LogP contribution is -2.41. The average molecular weight is 458 g/mol. The number of amides is 1. The molecule has 1 aliphatic rings. The molecule has 0 radical (unpaired) electrons. The van der Waals surface area contributed by atoms with Gasteiger partial charge in [-0.25, -0.2) is 4.79 Å². The van der Waals surface area contributed by atoms with Crippen molar-refractivity contribution in [2.75, 3.05) is 32.6 Å².